The Morgan fingerprint density at radius 2 is 1.15 bits per heavy atom. The van der Waals surface area contributed by atoms with Crippen LogP contribution in [0.15, 0.2) is 0 Å². The summed E-state index contributed by atoms with van der Waals surface area (Å²) < 4.78 is 84.6. The maximum Gasteiger partial charge on any atom is 0.449 e. The molecule has 1 fully saturated rings. The maximum absolute atomic E-state index is 12.3. The zero-order chi connectivity index (χ0) is 38.6. The zero-order valence-corrected chi connectivity index (χ0v) is 27.8. The first-order valence-corrected chi connectivity index (χ1v) is 16.2. The molecular formula is C32H54F6N2O8. The van der Waals surface area contributed by atoms with Gasteiger partial charge < -0.3 is 25.5 Å². The van der Waals surface area contributed by atoms with Crippen molar-refractivity contribution < 1.29 is 67.0 Å². The summed E-state index contributed by atoms with van der Waals surface area (Å²) in [4.78, 5) is 57.0. The molecule has 0 atom stereocenters. The van der Waals surface area contributed by atoms with E-state index < -0.39 is 42.7 Å². The fourth-order valence-corrected chi connectivity index (χ4v) is 4.56. The Morgan fingerprint density at radius 3 is 1.56 bits per heavy atom. The van der Waals surface area contributed by atoms with Gasteiger partial charge in [-0.25, -0.2) is 0 Å². The van der Waals surface area contributed by atoms with Crippen molar-refractivity contribution in [1.29, 1.82) is 1.43 Å². The molecule has 16 heteroatoms. The van der Waals surface area contributed by atoms with E-state index in [0.717, 1.165) is 19.3 Å². The summed E-state index contributed by atoms with van der Waals surface area (Å²) in [5.41, 5.74) is -0.360. The van der Waals surface area contributed by atoms with Gasteiger partial charge in [-0.2, -0.15) is 26.3 Å². The predicted molar refractivity (Wildman–Crippen MR) is 166 cm³/mol. The number of halogens is 6. The van der Waals surface area contributed by atoms with E-state index in [9.17, 15) is 55.4 Å². The van der Waals surface area contributed by atoms with Crippen molar-refractivity contribution in [3.05, 3.63) is 0 Å². The van der Waals surface area contributed by atoms with E-state index >= 15 is 0 Å². The number of rotatable bonds is 21. The average Bonchev–Trinajstić information content (AvgIpc) is 3.05. The number of unbranched alkanes of at least 4 members (excludes halogenated alkanes) is 8. The molecule has 0 aromatic rings. The number of hydrogen-bond donors (Lipinski definition) is 4. The molecule has 4 N–H and O–H groups in total. The van der Waals surface area contributed by atoms with Crippen LogP contribution < -0.4 is 5.32 Å². The smallest absolute Gasteiger partial charge is 0.449 e. The Labute approximate surface area is 281 Å². The van der Waals surface area contributed by atoms with Gasteiger partial charge in [0, 0.05) is 66.8 Å². The van der Waals surface area contributed by atoms with Gasteiger partial charge in [0.1, 0.15) is 0 Å². The molecule has 1 saturated heterocycles. The Kier molecular flexibility index (Phi) is 23.6. The van der Waals surface area contributed by atoms with E-state index in [1.165, 1.54) is 7.11 Å². The molecule has 1 rings (SSSR count). The number of piperidine rings is 1. The van der Waals surface area contributed by atoms with Gasteiger partial charge in [0.2, 0.25) is 24.8 Å². The molecule has 1 aliphatic heterocycles. The van der Waals surface area contributed by atoms with Crippen LogP contribution in [-0.2, 0) is 24.0 Å². The van der Waals surface area contributed by atoms with Gasteiger partial charge >= 0.3 is 18.3 Å². The van der Waals surface area contributed by atoms with Gasteiger partial charge in [-0.3, -0.25) is 24.0 Å². The minimum Gasteiger partial charge on any atom is -0.481 e. The Hall–Kier alpha value is -2.75. The number of alkyl halides is 6. The van der Waals surface area contributed by atoms with Crippen LogP contribution in [0.1, 0.15) is 124 Å². The van der Waals surface area contributed by atoms with E-state index in [0.29, 0.717) is 83.8 Å². The molecule has 10 nitrogen and oxygen atoms in total. The molecule has 0 aromatic heterocycles. The van der Waals surface area contributed by atoms with Crippen LogP contribution in [0.2, 0.25) is 0 Å². The van der Waals surface area contributed by atoms with Crippen molar-refractivity contribution in [1.82, 2.24) is 10.2 Å². The van der Waals surface area contributed by atoms with E-state index in [2.05, 4.69) is 10.4 Å². The van der Waals surface area contributed by atoms with Crippen LogP contribution in [-0.4, -0.2) is 96.7 Å². The maximum atomic E-state index is 12.3. The van der Waals surface area contributed by atoms with Crippen LogP contribution in [0.5, 0.6) is 0 Å². The first-order valence-electron chi connectivity index (χ1n) is 17.4. The number of hydrogen-bond acceptors (Lipinski definition) is 7. The lowest BCUT2D eigenvalue weighted by atomic mass is 9.81. The number of aliphatic hydroxyl groups excluding tert-OH is 2. The van der Waals surface area contributed by atoms with Crippen LogP contribution in [0.3, 0.4) is 0 Å². The summed E-state index contributed by atoms with van der Waals surface area (Å²) in [5, 5.41) is 24.0. The van der Waals surface area contributed by atoms with Crippen LogP contribution in [0, 0.1) is 5.41 Å². The van der Waals surface area contributed by atoms with Gasteiger partial charge in [-0.15, -0.1) is 0 Å². The summed E-state index contributed by atoms with van der Waals surface area (Å²) in [6.45, 7) is 1.88. The van der Waals surface area contributed by atoms with Crippen LogP contribution >= 0.6 is 0 Å². The van der Waals surface area contributed by atoms with Gasteiger partial charge in [-0.05, 0) is 56.8 Å². The number of amides is 2. The first kappa shape index (κ1) is 43.3. The van der Waals surface area contributed by atoms with E-state index in [4.69, 9.17) is 7.91 Å². The second-order valence-electron chi connectivity index (χ2n) is 11.8. The summed E-state index contributed by atoms with van der Waals surface area (Å²) in [6.07, 6.45) is -2.58. The lowest BCUT2D eigenvalue weighted by Gasteiger charge is -2.38. The molecule has 0 aliphatic carbocycles. The normalized spacial score (nSPS) is 14.7. The molecule has 0 saturated carbocycles. The number of aliphatic carboxylic acids is 1. The number of carbonyl (C=O) groups is 5. The lowest BCUT2D eigenvalue weighted by molar-refractivity contribution is -0.171. The topological polar surface area (TPSA) is 161 Å². The monoisotopic (exact) mass is 712 g/mol. The number of likely N-dealkylation sites (tertiary alicyclic amines) is 1. The predicted octanol–water partition coefficient (Wildman–Crippen LogP) is 5.91. The van der Waals surface area contributed by atoms with E-state index in [1.54, 1.807) is 0 Å². The highest BCUT2D eigenvalue weighted by Crippen LogP contribution is 2.30. The van der Waals surface area contributed by atoms with Crippen molar-refractivity contribution in [2.75, 3.05) is 33.4 Å². The first-order chi connectivity index (χ1) is 23.4. The number of ketones is 2. The second-order valence-corrected chi connectivity index (χ2v) is 11.8. The molecule has 48 heavy (non-hydrogen) atoms. The second kappa shape index (κ2) is 26.2. The fraction of sp³-hybridized carbons (Fsp3) is 0.844. The Morgan fingerprint density at radius 1 is 0.729 bits per heavy atom. The molecule has 0 unspecified atom stereocenters. The summed E-state index contributed by atoms with van der Waals surface area (Å²) in [6, 6.07) is 0. The Balaban J connectivity index is 0. The number of nitrogens with one attached hydrogen (secondary N) is 1. The van der Waals surface area contributed by atoms with Gasteiger partial charge in [0.05, 0.1) is 0 Å². The summed E-state index contributed by atoms with van der Waals surface area (Å²) >= 11 is 0. The molecule has 0 aromatic carbocycles. The number of carbonyl (C=O) groups excluding carboxylic acids is 4. The SMILES string of the molecule is O=C(O)CCCCCCC(=O)C(F)(F)F.[3H]CC1(CO)CCN(C(=O)CCCCCNC(=O)CCCCCCC(=O)C(F)(F)F)CC1.[3H]OC. The van der Waals surface area contributed by atoms with Crippen molar-refractivity contribution in [2.24, 2.45) is 5.41 Å². The average molecular weight is 713 g/mol. The number of Topliss-reactive ketones (excluding diaryl/α,β-unsaturated/α-hetero) is 2. The number of nitrogens with zero attached hydrogens (tertiary/aromatic N) is 1. The highest BCUT2D eigenvalue weighted by atomic mass is 19.4. The van der Waals surface area contributed by atoms with Crippen molar-refractivity contribution in [2.45, 2.75) is 135 Å². The largest absolute Gasteiger partial charge is 0.481 e. The number of carboxylic acid groups (broad SMARTS) is 1. The number of carboxylic acids is 1. The van der Waals surface area contributed by atoms with Gasteiger partial charge in [-0.1, -0.05) is 39.0 Å². The van der Waals surface area contributed by atoms with E-state index in [1.807, 2.05) is 4.90 Å². The standard InChI is InChI=1S/C22H37F3N2O4.C9H13F3O3.CH4O/c1-21(17-28)12-15-27(16-13-21)20(31)11-7-4-8-14-26-19(30)10-6-3-2-5-9-18(29)22(23,24)25;10-9(11,12)7(13)5-3-1-2-4-6-8(14)15;1-2/h28H,2-17H2,1H3,(H,26,30);1-6H2,(H,14,15);2H,1H3/i1T;;2T. The third kappa shape index (κ3) is 25.3. The quantitative estimate of drug-likeness (QED) is 0.0845. The fourth-order valence-electron chi connectivity index (χ4n) is 4.56. The minimum atomic E-state index is -4.75. The minimum absolute atomic E-state index is 0.00673. The highest BCUT2D eigenvalue weighted by molar-refractivity contribution is 5.84. The van der Waals surface area contributed by atoms with Crippen molar-refractivity contribution in [3.63, 3.8) is 0 Å². The van der Waals surface area contributed by atoms with Gasteiger partial charge in [0.15, 0.2) is 0 Å². The summed E-state index contributed by atoms with van der Waals surface area (Å²) in [7, 11) is 1.29. The number of aliphatic hydroxyl groups is 2. The van der Waals surface area contributed by atoms with Crippen LogP contribution in [0.25, 0.3) is 0 Å². The van der Waals surface area contributed by atoms with Crippen LogP contribution in [0.4, 0.5) is 26.3 Å². The van der Waals surface area contributed by atoms with Gasteiger partial charge in [0.25, 0.3) is 0 Å². The molecule has 0 spiro atoms. The molecule has 0 bridgehead atoms. The molecular weight excluding hydrogens is 654 g/mol. The third-order valence-electron chi connectivity index (χ3n) is 7.64. The van der Waals surface area contributed by atoms with E-state index in [-0.39, 0.29) is 50.0 Å². The molecule has 0 radical (unpaired) electrons. The molecule has 1 heterocycles. The Bertz CT molecular complexity index is 973. The third-order valence-corrected chi connectivity index (χ3v) is 7.64. The molecule has 1 aliphatic rings. The van der Waals surface area contributed by atoms with Crippen molar-refractivity contribution in [3.8, 4) is 0 Å². The molecule has 2 amide bonds. The summed E-state index contributed by atoms with van der Waals surface area (Å²) in [5.74, 6) is -4.31. The highest BCUT2D eigenvalue weighted by Gasteiger charge is 2.37. The zero-order valence-electron chi connectivity index (χ0n) is 29.8. The van der Waals surface area contributed by atoms with Crippen molar-refractivity contribution >= 4 is 29.4 Å². The molecule has 282 valence electrons. The lowest BCUT2D eigenvalue weighted by Crippen LogP contribution is -2.43.